The van der Waals surface area contributed by atoms with E-state index in [0.29, 0.717) is 11.3 Å². The molecule has 120 valence electrons. The number of anilines is 1. The van der Waals surface area contributed by atoms with Crippen molar-refractivity contribution in [2.75, 3.05) is 11.9 Å². The van der Waals surface area contributed by atoms with Crippen molar-refractivity contribution in [2.24, 2.45) is 0 Å². The normalized spacial score (nSPS) is 10.2. The third-order valence-electron chi connectivity index (χ3n) is 3.42. The molecule has 1 aromatic heterocycles. The molecule has 0 saturated carbocycles. The monoisotopic (exact) mass is 320 g/mol. The SMILES string of the molecule is O=C(CNC(=O)c1ccccc1)Nc1ccc(-c2cnc[nH]2)cc1. The summed E-state index contributed by atoms with van der Waals surface area (Å²) in [5.74, 6) is -0.561. The van der Waals surface area contributed by atoms with Crippen molar-refractivity contribution in [1.82, 2.24) is 15.3 Å². The van der Waals surface area contributed by atoms with Crippen molar-refractivity contribution in [3.05, 3.63) is 72.7 Å². The molecule has 0 fully saturated rings. The highest BCUT2D eigenvalue weighted by atomic mass is 16.2. The van der Waals surface area contributed by atoms with Crippen LogP contribution in [-0.4, -0.2) is 28.3 Å². The maximum Gasteiger partial charge on any atom is 0.251 e. The van der Waals surface area contributed by atoms with E-state index in [1.807, 2.05) is 18.2 Å². The van der Waals surface area contributed by atoms with Gasteiger partial charge in [0.05, 0.1) is 24.8 Å². The molecule has 0 aliphatic carbocycles. The topological polar surface area (TPSA) is 86.9 Å². The Hall–Kier alpha value is -3.41. The van der Waals surface area contributed by atoms with Crippen molar-refractivity contribution in [3.63, 3.8) is 0 Å². The molecule has 6 nitrogen and oxygen atoms in total. The van der Waals surface area contributed by atoms with Gasteiger partial charge in [-0.1, -0.05) is 30.3 Å². The van der Waals surface area contributed by atoms with E-state index in [1.165, 1.54) is 0 Å². The molecule has 2 amide bonds. The zero-order valence-corrected chi connectivity index (χ0v) is 12.8. The van der Waals surface area contributed by atoms with Crippen LogP contribution in [0, 0.1) is 0 Å². The van der Waals surface area contributed by atoms with Crippen molar-refractivity contribution in [2.45, 2.75) is 0 Å². The second-order valence-corrected chi connectivity index (χ2v) is 5.14. The molecule has 6 heteroatoms. The predicted octanol–water partition coefficient (Wildman–Crippen LogP) is 2.45. The van der Waals surface area contributed by atoms with Gasteiger partial charge in [0.1, 0.15) is 0 Å². The molecule has 3 N–H and O–H groups in total. The number of rotatable bonds is 5. The van der Waals surface area contributed by atoms with Crippen LogP contribution in [0.1, 0.15) is 10.4 Å². The van der Waals surface area contributed by atoms with Gasteiger partial charge in [-0.05, 0) is 29.8 Å². The number of hydrogen-bond donors (Lipinski definition) is 3. The standard InChI is InChI=1S/C18H16N4O2/c23-17(11-20-18(24)14-4-2-1-3-5-14)22-15-8-6-13(7-9-15)16-10-19-12-21-16/h1-10,12H,11H2,(H,19,21)(H,20,24)(H,22,23). The third kappa shape index (κ3) is 3.86. The van der Waals surface area contributed by atoms with Crippen molar-refractivity contribution in [1.29, 1.82) is 0 Å². The van der Waals surface area contributed by atoms with Crippen molar-refractivity contribution >= 4 is 17.5 Å². The summed E-state index contributed by atoms with van der Waals surface area (Å²) in [5, 5.41) is 5.33. The molecule has 0 spiro atoms. The van der Waals surface area contributed by atoms with Crippen LogP contribution >= 0.6 is 0 Å². The lowest BCUT2D eigenvalue weighted by molar-refractivity contribution is -0.115. The maximum atomic E-state index is 11.9. The molecule has 0 aliphatic heterocycles. The van der Waals surface area contributed by atoms with E-state index in [9.17, 15) is 9.59 Å². The number of nitrogens with zero attached hydrogens (tertiary/aromatic N) is 1. The Balaban J connectivity index is 1.52. The predicted molar refractivity (Wildman–Crippen MR) is 91.4 cm³/mol. The molecule has 3 rings (SSSR count). The fourth-order valence-electron chi connectivity index (χ4n) is 2.20. The lowest BCUT2D eigenvalue weighted by Gasteiger charge is -2.07. The molecule has 2 aromatic carbocycles. The molecule has 0 atom stereocenters. The van der Waals surface area contributed by atoms with Gasteiger partial charge >= 0.3 is 0 Å². The number of imidazole rings is 1. The number of benzene rings is 2. The summed E-state index contributed by atoms with van der Waals surface area (Å²) in [5.41, 5.74) is 3.07. The van der Waals surface area contributed by atoms with Crippen LogP contribution < -0.4 is 10.6 Å². The first-order valence-corrected chi connectivity index (χ1v) is 7.44. The van der Waals surface area contributed by atoms with E-state index in [4.69, 9.17) is 0 Å². The second-order valence-electron chi connectivity index (χ2n) is 5.14. The van der Waals surface area contributed by atoms with E-state index >= 15 is 0 Å². The van der Waals surface area contributed by atoms with E-state index in [-0.39, 0.29) is 18.4 Å². The minimum absolute atomic E-state index is 0.0873. The van der Waals surface area contributed by atoms with Gasteiger partial charge in [0.15, 0.2) is 0 Å². The molecule has 3 aromatic rings. The minimum atomic E-state index is -0.284. The Morgan fingerprint density at radius 2 is 1.75 bits per heavy atom. The molecular formula is C18H16N4O2. The fourth-order valence-corrected chi connectivity index (χ4v) is 2.20. The second kappa shape index (κ2) is 7.23. The van der Waals surface area contributed by atoms with Crippen LogP contribution in [0.15, 0.2) is 67.1 Å². The largest absolute Gasteiger partial charge is 0.345 e. The average molecular weight is 320 g/mol. The van der Waals surface area contributed by atoms with Crippen LogP contribution in [0.5, 0.6) is 0 Å². The number of hydrogen-bond acceptors (Lipinski definition) is 3. The zero-order chi connectivity index (χ0) is 16.8. The summed E-state index contributed by atoms with van der Waals surface area (Å²) in [6.45, 7) is -0.0873. The fraction of sp³-hybridized carbons (Fsp3) is 0.0556. The number of nitrogens with one attached hydrogen (secondary N) is 3. The number of amides is 2. The van der Waals surface area contributed by atoms with E-state index in [0.717, 1.165) is 11.3 Å². The van der Waals surface area contributed by atoms with E-state index in [1.54, 1.807) is 48.9 Å². The zero-order valence-electron chi connectivity index (χ0n) is 12.8. The molecular weight excluding hydrogens is 304 g/mol. The van der Waals surface area contributed by atoms with Crippen LogP contribution in [0.25, 0.3) is 11.3 Å². The van der Waals surface area contributed by atoms with Crippen LogP contribution in [0.2, 0.25) is 0 Å². The highest BCUT2D eigenvalue weighted by molar-refractivity contribution is 5.99. The minimum Gasteiger partial charge on any atom is -0.345 e. The maximum absolute atomic E-state index is 11.9. The molecule has 0 saturated heterocycles. The van der Waals surface area contributed by atoms with Gasteiger partial charge in [-0.2, -0.15) is 0 Å². The summed E-state index contributed by atoms with van der Waals surface area (Å²) in [6, 6.07) is 16.1. The Kier molecular flexibility index (Phi) is 4.67. The Morgan fingerprint density at radius 1 is 1.00 bits per heavy atom. The van der Waals surface area contributed by atoms with E-state index in [2.05, 4.69) is 20.6 Å². The van der Waals surface area contributed by atoms with Gasteiger partial charge in [-0.3, -0.25) is 9.59 Å². The van der Waals surface area contributed by atoms with Crippen LogP contribution in [0.4, 0.5) is 5.69 Å². The Morgan fingerprint density at radius 3 is 2.42 bits per heavy atom. The molecule has 0 aliphatic rings. The van der Waals surface area contributed by atoms with Crippen LogP contribution in [0.3, 0.4) is 0 Å². The quantitative estimate of drug-likeness (QED) is 0.675. The highest BCUT2D eigenvalue weighted by Gasteiger charge is 2.08. The molecule has 0 unspecified atom stereocenters. The highest BCUT2D eigenvalue weighted by Crippen LogP contribution is 2.18. The van der Waals surface area contributed by atoms with E-state index < -0.39 is 0 Å². The molecule has 0 bridgehead atoms. The Bertz CT molecular complexity index is 812. The number of aromatic amines is 1. The summed E-state index contributed by atoms with van der Waals surface area (Å²) in [7, 11) is 0. The summed E-state index contributed by atoms with van der Waals surface area (Å²) in [6.07, 6.45) is 3.34. The van der Waals surface area contributed by atoms with Gasteiger partial charge in [0.25, 0.3) is 5.91 Å². The summed E-state index contributed by atoms with van der Waals surface area (Å²) >= 11 is 0. The average Bonchev–Trinajstić information content (AvgIpc) is 3.16. The van der Waals surface area contributed by atoms with Gasteiger partial charge in [-0.15, -0.1) is 0 Å². The number of H-pyrrole nitrogens is 1. The van der Waals surface area contributed by atoms with Gasteiger partial charge in [-0.25, -0.2) is 4.98 Å². The van der Waals surface area contributed by atoms with Gasteiger partial charge < -0.3 is 15.6 Å². The summed E-state index contributed by atoms with van der Waals surface area (Å²) in [4.78, 5) is 30.8. The third-order valence-corrected chi connectivity index (χ3v) is 3.42. The first-order chi connectivity index (χ1) is 11.7. The first-order valence-electron chi connectivity index (χ1n) is 7.44. The van der Waals surface area contributed by atoms with Gasteiger partial charge in [0.2, 0.25) is 5.91 Å². The smallest absolute Gasteiger partial charge is 0.251 e. The Labute approximate surface area is 138 Å². The van der Waals surface area contributed by atoms with Crippen molar-refractivity contribution in [3.8, 4) is 11.3 Å². The number of carbonyl (C=O) groups excluding carboxylic acids is 2. The molecule has 1 heterocycles. The summed E-state index contributed by atoms with van der Waals surface area (Å²) < 4.78 is 0. The van der Waals surface area contributed by atoms with Gasteiger partial charge in [0, 0.05) is 11.3 Å². The van der Waals surface area contributed by atoms with Crippen LogP contribution in [-0.2, 0) is 4.79 Å². The molecule has 24 heavy (non-hydrogen) atoms. The lowest BCUT2D eigenvalue weighted by Crippen LogP contribution is -2.32. The first kappa shape index (κ1) is 15.5. The lowest BCUT2D eigenvalue weighted by atomic mass is 10.1. The number of carbonyl (C=O) groups is 2. The molecule has 0 radical (unpaired) electrons. The van der Waals surface area contributed by atoms with Crippen molar-refractivity contribution < 1.29 is 9.59 Å². The number of aromatic nitrogens is 2.